The first-order valence-electron chi connectivity index (χ1n) is 12.9. The van der Waals surface area contributed by atoms with Crippen molar-refractivity contribution in [3.63, 3.8) is 0 Å². The zero-order valence-corrected chi connectivity index (χ0v) is 20.7. The lowest BCUT2D eigenvalue weighted by molar-refractivity contribution is 0.0699. The van der Waals surface area contributed by atoms with Crippen molar-refractivity contribution < 1.29 is 14.6 Å². The number of fused-ring (bicyclic) bond motifs is 1. The number of piperidine rings is 1. The summed E-state index contributed by atoms with van der Waals surface area (Å²) < 4.78 is 5.49. The van der Waals surface area contributed by atoms with Gasteiger partial charge < -0.3 is 25.4 Å². The Balaban J connectivity index is 0.980. The maximum atomic E-state index is 12.4. The summed E-state index contributed by atoms with van der Waals surface area (Å²) in [5.74, 6) is 2.58. The second-order valence-corrected chi connectivity index (χ2v) is 10.2. The fourth-order valence-electron chi connectivity index (χ4n) is 5.81. The molecular formula is C28H32N6O3. The Bertz CT molecular complexity index is 1250. The summed E-state index contributed by atoms with van der Waals surface area (Å²) in [5.41, 5.74) is 9.37. The molecule has 2 saturated heterocycles. The molecule has 2 aliphatic heterocycles. The Kier molecular flexibility index (Phi) is 6.30. The Morgan fingerprint density at radius 3 is 2.41 bits per heavy atom. The third-order valence-electron chi connectivity index (χ3n) is 8.00. The van der Waals surface area contributed by atoms with Crippen molar-refractivity contribution in [2.45, 2.75) is 6.61 Å². The lowest BCUT2D eigenvalue weighted by atomic mass is 10.1. The van der Waals surface area contributed by atoms with Gasteiger partial charge in [0.2, 0.25) is 0 Å². The first kappa shape index (κ1) is 23.5. The van der Waals surface area contributed by atoms with E-state index in [1.165, 1.54) is 0 Å². The fraction of sp³-hybridized carbons (Fsp3) is 0.393. The molecule has 9 nitrogen and oxygen atoms in total. The highest BCUT2D eigenvalue weighted by Crippen LogP contribution is 2.53. The van der Waals surface area contributed by atoms with Gasteiger partial charge in [-0.25, -0.2) is 4.79 Å². The van der Waals surface area contributed by atoms with Crippen LogP contribution < -0.4 is 10.6 Å². The number of para-hydroxylation sites is 1. The molecule has 37 heavy (non-hydrogen) atoms. The number of carbonyl (C=O) groups is 1. The van der Waals surface area contributed by atoms with Crippen molar-refractivity contribution in [2.75, 3.05) is 56.4 Å². The number of hydrogen-bond donors (Lipinski definition) is 2. The van der Waals surface area contributed by atoms with Crippen LogP contribution >= 0.6 is 0 Å². The van der Waals surface area contributed by atoms with E-state index < -0.39 is 0 Å². The molecule has 1 unspecified atom stereocenters. The number of phenolic OH excluding ortho intramolecular Hbond substituents is 1. The van der Waals surface area contributed by atoms with Gasteiger partial charge >= 0.3 is 6.09 Å². The topological polar surface area (TPSA) is 108 Å². The van der Waals surface area contributed by atoms with E-state index in [1.807, 2.05) is 53.4 Å². The van der Waals surface area contributed by atoms with Gasteiger partial charge in [-0.1, -0.05) is 42.5 Å². The van der Waals surface area contributed by atoms with Crippen LogP contribution in [0, 0.1) is 17.8 Å². The first-order valence-corrected chi connectivity index (χ1v) is 12.9. The van der Waals surface area contributed by atoms with E-state index in [4.69, 9.17) is 10.5 Å². The Morgan fingerprint density at radius 1 is 0.973 bits per heavy atom. The molecule has 1 aliphatic carbocycles. The second kappa shape index (κ2) is 9.89. The monoisotopic (exact) mass is 500 g/mol. The number of phenols is 1. The van der Waals surface area contributed by atoms with E-state index in [1.54, 1.807) is 12.1 Å². The van der Waals surface area contributed by atoms with E-state index in [0.717, 1.165) is 44.0 Å². The highest BCUT2D eigenvalue weighted by atomic mass is 16.6. The summed E-state index contributed by atoms with van der Waals surface area (Å²) in [6.07, 6.45) is -0.228. The number of piperazine rings is 1. The lowest BCUT2D eigenvalue weighted by Crippen LogP contribution is -2.49. The van der Waals surface area contributed by atoms with Crippen LogP contribution in [0.1, 0.15) is 5.56 Å². The summed E-state index contributed by atoms with van der Waals surface area (Å²) in [4.78, 5) is 19.1. The number of hydrogen-bond acceptors (Lipinski definition) is 8. The Hall–Kier alpha value is -3.85. The van der Waals surface area contributed by atoms with Gasteiger partial charge in [0.25, 0.3) is 0 Å². The van der Waals surface area contributed by atoms with Crippen LogP contribution in [-0.2, 0) is 11.3 Å². The number of aromatic hydroxyl groups is 1. The average Bonchev–Trinajstić information content (AvgIpc) is 3.35. The number of amides is 1. The molecule has 3 heterocycles. The van der Waals surface area contributed by atoms with Crippen LogP contribution in [-0.4, -0.2) is 77.0 Å². The molecule has 0 spiro atoms. The number of aromatic nitrogens is 2. The molecular weight excluding hydrogens is 468 g/mol. The van der Waals surface area contributed by atoms with Gasteiger partial charge in [0, 0.05) is 51.4 Å². The number of nitrogens with two attached hydrogens (primary N) is 1. The number of benzene rings is 2. The van der Waals surface area contributed by atoms with Crippen molar-refractivity contribution in [3.05, 3.63) is 66.2 Å². The smallest absolute Gasteiger partial charge is 0.410 e. The minimum Gasteiger partial charge on any atom is -0.507 e. The summed E-state index contributed by atoms with van der Waals surface area (Å²) >= 11 is 0. The van der Waals surface area contributed by atoms with E-state index in [9.17, 15) is 9.90 Å². The quantitative estimate of drug-likeness (QED) is 0.532. The number of carbonyl (C=O) groups excluding carboxylic acids is 1. The Morgan fingerprint density at radius 2 is 1.68 bits per heavy atom. The van der Waals surface area contributed by atoms with Crippen LogP contribution in [0.15, 0.2) is 60.7 Å². The molecule has 1 amide bonds. The zero-order chi connectivity index (χ0) is 25.4. The maximum Gasteiger partial charge on any atom is 0.410 e. The first-order chi connectivity index (χ1) is 18.1. The molecule has 9 heteroatoms. The van der Waals surface area contributed by atoms with Gasteiger partial charge in [0.1, 0.15) is 12.4 Å². The number of nitrogens with zero attached hydrogens (tertiary/aromatic N) is 5. The molecule has 0 radical (unpaired) electrons. The highest BCUT2D eigenvalue weighted by molar-refractivity contribution is 5.74. The molecule has 3 aromatic rings. The van der Waals surface area contributed by atoms with Crippen molar-refractivity contribution >= 4 is 17.6 Å². The van der Waals surface area contributed by atoms with Gasteiger partial charge in [-0.15, -0.1) is 10.2 Å². The minimum absolute atomic E-state index is 0.182. The number of anilines is 2. The maximum absolute atomic E-state index is 12.4. The van der Waals surface area contributed by atoms with Crippen LogP contribution in [0.25, 0.3) is 11.3 Å². The summed E-state index contributed by atoms with van der Waals surface area (Å²) in [7, 11) is 0. The molecule has 1 aromatic heterocycles. The van der Waals surface area contributed by atoms with Gasteiger partial charge in [-0.2, -0.15) is 0 Å². The molecule has 0 bridgehead atoms. The average molecular weight is 501 g/mol. The molecule has 3 N–H and O–H groups in total. The third-order valence-corrected chi connectivity index (χ3v) is 8.00. The van der Waals surface area contributed by atoms with Gasteiger partial charge in [-0.05, 0) is 41.5 Å². The minimum atomic E-state index is -0.228. The van der Waals surface area contributed by atoms with Crippen molar-refractivity contribution in [1.29, 1.82) is 0 Å². The van der Waals surface area contributed by atoms with E-state index in [0.29, 0.717) is 54.5 Å². The summed E-state index contributed by atoms with van der Waals surface area (Å²) in [6, 6.07) is 18.9. The Labute approximate surface area is 216 Å². The highest BCUT2D eigenvalue weighted by Gasteiger charge is 2.56. The van der Waals surface area contributed by atoms with Crippen LogP contribution in [0.5, 0.6) is 5.75 Å². The number of ether oxygens (including phenoxy) is 1. The number of rotatable bonds is 6. The third kappa shape index (κ3) is 4.91. The molecule has 3 fully saturated rings. The van der Waals surface area contributed by atoms with Gasteiger partial charge in [0.15, 0.2) is 5.82 Å². The molecule has 3 atom stereocenters. The molecule has 3 aliphatic rings. The number of nitrogen functional groups attached to an aromatic ring is 1. The largest absolute Gasteiger partial charge is 0.507 e. The second-order valence-electron chi connectivity index (χ2n) is 10.2. The molecule has 1 saturated carbocycles. The SMILES string of the molecule is Nc1nnc(-c2ccccc2O)cc1N1C[C@@H]2C(CN3CCN(C(=O)OCc4ccccc4)CC3)[C@@H]2C1. The standard InChI is InChI=1S/C28H32N6O3/c29-27-25(14-24(30-31-27)20-8-4-5-9-26(20)35)34-16-22-21(23(22)17-34)15-32-10-12-33(13-11-32)28(36)37-18-19-6-2-1-3-7-19/h1-9,14,21-23,35H,10-13,15-18H2,(H2,29,31)/t21?,22-,23+. The van der Waals surface area contributed by atoms with Crippen LogP contribution in [0.3, 0.4) is 0 Å². The van der Waals surface area contributed by atoms with Crippen molar-refractivity contribution in [2.24, 2.45) is 17.8 Å². The molecule has 6 rings (SSSR count). The predicted molar refractivity (Wildman–Crippen MR) is 141 cm³/mol. The summed E-state index contributed by atoms with van der Waals surface area (Å²) in [6.45, 7) is 6.47. The molecule has 192 valence electrons. The lowest BCUT2D eigenvalue weighted by Gasteiger charge is -2.34. The van der Waals surface area contributed by atoms with E-state index in [-0.39, 0.29) is 11.8 Å². The fourth-order valence-corrected chi connectivity index (χ4v) is 5.81. The van der Waals surface area contributed by atoms with Crippen molar-refractivity contribution in [1.82, 2.24) is 20.0 Å². The zero-order valence-electron chi connectivity index (χ0n) is 20.7. The summed E-state index contributed by atoms with van der Waals surface area (Å²) in [5, 5.41) is 18.6. The normalized spacial score (nSPS) is 23.1. The molecule has 2 aromatic carbocycles. The van der Waals surface area contributed by atoms with E-state index in [2.05, 4.69) is 20.0 Å². The van der Waals surface area contributed by atoms with Crippen molar-refractivity contribution in [3.8, 4) is 17.0 Å². The predicted octanol–water partition coefficient (Wildman–Crippen LogP) is 3.07. The van der Waals surface area contributed by atoms with E-state index >= 15 is 0 Å². The van der Waals surface area contributed by atoms with Crippen LogP contribution in [0.4, 0.5) is 16.3 Å². The van der Waals surface area contributed by atoms with Gasteiger partial charge in [0.05, 0.1) is 11.4 Å². The van der Waals surface area contributed by atoms with Crippen LogP contribution in [0.2, 0.25) is 0 Å². The van der Waals surface area contributed by atoms with Gasteiger partial charge in [-0.3, -0.25) is 4.90 Å².